The average Bonchev–Trinajstić information content (AvgIpc) is 3.05. The Morgan fingerprint density at radius 3 is 1.59 bits per heavy atom. The lowest BCUT2D eigenvalue weighted by molar-refractivity contribution is 0.178. The first-order chi connectivity index (χ1) is 20.3. The molecule has 0 saturated carbocycles. The first-order valence-electron chi connectivity index (χ1n) is 14.5. The van der Waals surface area contributed by atoms with E-state index in [1.807, 2.05) is 0 Å². The smallest absolute Gasteiger partial charge is 0.0619 e. The van der Waals surface area contributed by atoms with Crippen molar-refractivity contribution in [3.8, 4) is 0 Å². The number of benzene rings is 6. The van der Waals surface area contributed by atoms with Crippen LogP contribution in [0.5, 0.6) is 0 Å². The summed E-state index contributed by atoms with van der Waals surface area (Å²) < 4.78 is 0. The van der Waals surface area contributed by atoms with E-state index in [4.69, 9.17) is 0 Å². The van der Waals surface area contributed by atoms with Crippen molar-refractivity contribution in [2.45, 2.75) is 25.9 Å². The van der Waals surface area contributed by atoms with Crippen LogP contribution in [0.25, 0.3) is 10.8 Å². The molecule has 0 aromatic heterocycles. The number of rotatable bonds is 9. The first-order valence-corrected chi connectivity index (χ1v) is 15.9. The zero-order valence-corrected chi connectivity index (χ0v) is 24.7. The Bertz CT molecular complexity index is 1640. The molecule has 0 aliphatic heterocycles. The lowest BCUT2D eigenvalue weighted by Crippen LogP contribution is -2.36. The Kier molecular flexibility index (Phi) is 8.38. The molecule has 6 aromatic rings. The molecule has 6 rings (SSSR count). The second kappa shape index (κ2) is 12.6. The van der Waals surface area contributed by atoms with Crippen LogP contribution in [0, 0.1) is 0 Å². The van der Waals surface area contributed by atoms with Gasteiger partial charge in [0.25, 0.3) is 0 Å². The predicted molar refractivity (Wildman–Crippen MR) is 178 cm³/mol. The van der Waals surface area contributed by atoms with Crippen LogP contribution in [-0.4, -0.2) is 11.4 Å². The Labute approximate surface area is 245 Å². The lowest BCUT2D eigenvalue weighted by atomic mass is 9.90. The third-order valence-corrected chi connectivity index (χ3v) is 10.6. The van der Waals surface area contributed by atoms with Gasteiger partial charge in [-0.25, -0.2) is 0 Å². The molecule has 0 bridgehead atoms. The molecule has 0 fully saturated rings. The molecule has 0 amide bonds. The number of fused-ring (bicyclic) bond motifs is 1. The zero-order chi connectivity index (χ0) is 28.0. The molecule has 0 heterocycles. The van der Waals surface area contributed by atoms with Crippen LogP contribution in [0.3, 0.4) is 0 Å². The topological polar surface area (TPSA) is 3.24 Å². The van der Waals surface area contributed by atoms with Gasteiger partial charge in [0.1, 0.15) is 0 Å². The minimum atomic E-state index is -0.793. The van der Waals surface area contributed by atoms with E-state index in [1.165, 1.54) is 43.4 Å². The molecule has 0 unspecified atom stereocenters. The van der Waals surface area contributed by atoms with Gasteiger partial charge in [-0.3, -0.25) is 4.90 Å². The molecule has 0 saturated heterocycles. The normalized spacial score (nSPS) is 13.0. The van der Waals surface area contributed by atoms with Crippen LogP contribution in [0.4, 0.5) is 0 Å². The summed E-state index contributed by atoms with van der Waals surface area (Å²) in [7, 11) is -0.793. The second-order valence-electron chi connectivity index (χ2n) is 10.5. The first kappa shape index (κ1) is 27.2. The highest BCUT2D eigenvalue weighted by molar-refractivity contribution is 7.80. The third-order valence-electron chi connectivity index (χ3n) is 8.08. The molecule has 2 atom stereocenters. The van der Waals surface area contributed by atoms with E-state index >= 15 is 0 Å². The summed E-state index contributed by atoms with van der Waals surface area (Å²) in [5, 5.41) is 6.78. The van der Waals surface area contributed by atoms with Crippen LogP contribution in [0.1, 0.15) is 42.6 Å². The van der Waals surface area contributed by atoms with Crippen molar-refractivity contribution in [1.29, 1.82) is 0 Å². The fraction of sp³-hybridized carbons (Fsp3) is 0.128. The molecule has 41 heavy (non-hydrogen) atoms. The third kappa shape index (κ3) is 5.62. The molecule has 0 aliphatic rings. The fourth-order valence-electron chi connectivity index (χ4n) is 6.11. The quantitative estimate of drug-likeness (QED) is 0.163. The monoisotopic (exact) mass is 549 g/mol. The summed E-state index contributed by atoms with van der Waals surface area (Å²) in [5.74, 6) is 0. The van der Waals surface area contributed by atoms with Crippen molar-refractivity contribution < 1.29 is 0 Å². The fourth-order valence-corrected chi connectivity index (χ4v) is 8.61. The highest BCUT2D eigenvalue weighted by Gasteiger charge is 2.32. The van der Waals surface area contributed by atoms with Gasteiger partial charge in [-0.05, 0) is 64.8 Å². The van der Waals surface area contributed by atoms with E-state index in [1.54, 1.807) is 0 Å². The zero-order valence-electron chi connectivity index (χ0n) is 23.8. The molecular weight excluding hydrogens is 513 g/mol. The summed E-state index contributed by atoms with van der Waals surface area (Å²) in [6, 6.07) is 58.2. The van der Waals surface area contributed by atoms with E-state index in [2.05, 4.69) is 176 Å². The van der Waals surface area contributed by atoms with Gasteiger partial charge in [0.05, 0.1) is 6.04 Å². The maximum Gasteiger partial charge on any atom is 0.0619 e. The van der Waals surface area contributed by atoms with Gasteiger partial charge in [0, 0.05) is 6.04 Å². The Balaban J connectivity index is 1.66. The van der Waals surface area contributed by atoms with Crippen LogP contribution in [-0.2, 0) is 0 Å². The second-order valence-corrected chi connectivity index (χ2v) is 12.6. The van der Waals surface area contributed by atoms with Gasteiger partial charge in [0.2, 0.25) is 0 Å². The van der Waals surface area contributed by atoms with E-state index < -0.39 is 7.92 Å². The van der Waals surface area contributed by atoms with Crippen molar-refractivity contribution in [1.82, 2.24) is 4.90 Å². The van der Waals surface area contributed by atoms with Crippen molar-refractivity contribution >= 4 is 34.6 Å². The molecular formula is C39H36NP. The van der Waals surface area contributed by atoms with E-state index in [0.29, 0.717) is 0 Å². The van der Waals surface area contributed by atoms with Crippen LogP contribution < -0.4 is 15.9 Å². The Morgan fingerprint density at radius 1 is 0.537 bits per heavy atom. The molecule has 1 nitrogen and oxygen atoms in total. The van der Waals surface area contributed by atoms with E-state index in [0.717, 1.165) is 6.54 Å². The summed E-state index contributed by atoms with van der Waals surface area (Å²) in [4.78, 5) is 2.68. The van der Waals surface area contributed by atoms with Crippen LogP contribution in [0.15, 0.2) is 158 Å². The van der Waals surface area contributed by atoms with E-state index in [-0.39, 0.29) is 12.1 Å². The minimum absolute atomic E-state index is 0.0786. The van der Waals surface area contributed by atoms with Crippen LogP contribution >= 0.6 is 7.92 Å². The minimum Gasteiger partial charge on any atom is -0.286 e. The van der Waals surface area contributed by atoms with Crippen molar-refractivity contribution in [2.24, 2.45) is 0 Å². The van der Waals surface area contributed by atoms with Gasteiger partial charge in [-0.2, -0.15) is 0 Å². The van der Waals surface area contributed by atoms with Gasteiger partial charge < -0.3 is 0 Å². The van der Waals surface area contributed by atoms with Gasteiger partial charge >= 0.3 is 0 Å². The van der Waals surface area contributed by atoms with Crippen molar-refractivity contribution in [3.63, 3.8) is 0 Å². The van der Waals surface area contributed by atoms with Gasteiger partial charge in [-0.15, -0.1) is 0 Å². The lowest BCUT2D eigenvalue weighted by Gasteiger charge is -2.39. The molecule has 6 aromatic carbocycles. The summed E-state index contributed by atoms with van der Waals surface area (Å²) in [6.07, 6.45) is 0. The number of hydrogen-bond acceptors (Lipinski definition) is 1. The highest BCUT2D eigenvalue weighted by atomic mass is 31.1. The predicted octanol–water partition coefficient (Wildman–Crippen LogP) is 8.77. The average molecular weight is 550 g/mol. The van der Waals surface area contributed by atoms with Crippen molar-refractivity contribution in [2.75, 3.05) is 6.54 Å². The molecule has 202 valence electrons. The maximum absolute atomic E-state index is 2.68. The summed E-state index contributed by atoms with van der Waals surface area (Å²) in [5.41, 5.74) is 4.08. The molecule has 0 N–H and O–H groups in total. The van der Waals surface area contributed by atoms with Crippen LogP contribution in [0.2, 0.25) is 0 Å². The standard InChI is InChI=1S/C39H36NP/c1-3-40(30(2)31-18-8-4-9-19-31)39(33-21-10-5-11-22-33)38-36-27-17-16-20-32(36)28-29-37(38)41(34-23-12-6-13-24-34)35-25-14-7-15-26-35/h4-30,39H,3H2,1-2H3/t30-,39-/m1/s1. The largest absolute Gasteiger partial charge is 0.286 e. The Morgan fingerprint density at radius 2 is 1.02 bits per heavy atom. The SMILES string of the molecule is CCN([C@H](c1ccccc1)c1c(P(c2ccccc2)c2ccccc2)ccc2ccccc12)[C@H](C)c1ccccc1. The number of nitrogens with zero attached hydrogens (tertiary/aromatic N) is 1. The van der Waals surface area contributed by atoms with Gasteiger partial charge in [-0.1, -0.05) is 165 Å². The number of hydrogen-bond donors (Lipinski definition) is 0. The molecule has 0 aliphatic carbocycles. The summed E-state index contributed by atoms with van der Waals surface area (Å²) >= 11 is 0. The summed E-state index contributed by atoms with van der Waals surface area (Å²) in [6.45, 7) is 5.58. The Hall–Kier alpha value is -4.03. The molecule has 0 spiro atoms. The molecule has 0 radical (unpaired) electrons. The maximum atomic E-state index is 2.68. The van der Waals surface area contributed by atoms with E-state index in [9.17, 15) is 0 Å². The highest BCUT2D eigenvalue weighted by Crippen LogP contribution is 2.43. The molecule has 2 heteroatoms. The van der Waals surface area contributed by atoms with Crippen molar-refractivity contribution in [3.05, 3.63) is 174 Å². The van der Waals surface area contributed by atoms with Gasteiger partial charge in [0.15, 0.2) is 0 Å².